The van der Waals surface area contributed by atoms with Crippen LogP contribution in [0.2, 0.25) is 0 Å². The minimum atomic E-state index is -3.54. The van der Waals surface area contributed by atoms with Crippen molar-refractivity contribution in [3.63, 3.8) is 0 Å². The Morgan fingerprint density at radius 1 is 0.794 bits per heavy atom. The van der Waals surface area contributed by atoms with E-state index >= 15 is 0 Å². The van der Waals surface area contributed by atoms with Crippen LogP contribution < -0.4 is 25.0 Å². The van der Waals surface area contributed by atoms with Crippen LogP contribution in [0, 0.1) is 0 Å². The van der Waals surface area contributed by atoms with Crippen molar-refractivity contribution in [2.24, 2.45) is 0 Å². The molecule has 0 heterocycles. The molecule has 3 rings (SSSR count). The number of benzene rings is 3. The van der Waals surface area contributed by atoms with E-state index in [9.17, 15) is 18.0 Å². The minimum absolute atomic E-state index is 0.229. The number of amides is 2. The number of rotatable bonds is 8. The maximum absolute atomic E-state index is 12.8. The number of hydrogen-bond donors (Lipinski definition) is 3. The van der Waals surface area contributed by atoms with Crippen molar-refractivity contribution in [2.75, 3.05) is 47.7 Å². The van der Waals surface area contributed by atoms with Gasteiger partial charge in [0.05, 0.1) is 30.4 Å². The minimum Gasteiger partial charge on any atom is -0.497 e. The third-order valence-electron chi connectivity index (χ3n) is 4.82. The Labute approximate surface area is 198 Å². The second kappa shape index (κ2) is 10.3. The zero-order valence-electron chi connectivity index (χ0n) is 19.2. The van der Waals surface area contributed by atoms with Gasteiger partial charge >= 0.3 is 0 Å². The van der Waals surface area contributed by atoms with Gasteiger partial charge in [-0.1, -0.05) is 0 Å². The number of anilines is 4. The summed E-state index contributed by atoms with van der Waals surface area (Å²) < 4.78 is 30.8. The van der Waals surface area contributed by atoms with Crippen LogP contribution >= 0.6 is 0 Å². The average Bonchev–Trinajstić information content (AvgIpc) is 2.79. The van der Waals surface area contributed by atoms with Gasteiger partial charge in [0.1, 0.15) is 5.75 Å². The molecule has 3 N–H and O–H groups in total. The quantitative estimate of drug-likeness (QED) is 0.451. The van der Waals surface area contributed by atoms with E-state index in [4.69, 9.17) is 4.74 Å². The van der Waals surface area contributed by atoms with Crippen molar-refractivity contribution in [1.82, 2.24) is 0 Å². The summed E-state index contributed by atoms with van der Waals surface area (Å²) in [4.78, 5) is 27.6. The summed E-state index contributed by atoms with van der Waals surface area (Å²) in [5, 5.41) is 5.51. The molecule has 3 aromatic rings. The molecule has 0 saturated heterocycles. The number of sulfonamides is 1. The van der Waals surface area contributed by atoms with Crippen LogP contribution in [0.4, 0.5) is 22.7 Å². The molecular formula is C24H26N4O5S. The highest BCUT2D eigenvalue weighted by molar-refractivity contribution is 7.92. The van der Waals surface area contributed by atoms with Crippen LogP contribution in [-0.4, -0.2) is 47.7 Å². The number of carbonyl (C=O) groups is 2. The van der Waals surface area contributed by atoms with E-state index in [2.05, 4.69) is 15.4 Å². The molecule has 178 valence electrons. The van der Waals surface area contributed by atoms with E-state index in [-0.39, 0.29) is 17.3 Å². The van der Waals surface area contributed by atoms with E-state index in [1.165, 1.54) is 25.3 Å². The lowest BCUT2D eigenvalue weighted by Crippen LogP contribution is -2.18. The molecule has 10 heteroatoms. The summed E-state index contributed by atoms with van der Waals surface area (Å²) in [5.74, 6) is -0.219. The topological polar surface area (TPSA) is 117 Å². The molecule has 0 aliphatic rings. The molecule has 34 heavy (non-hydrogen) atoms. The first-order valence-corrected chi connectivity index (χ1v) is 12.1. The lowest BCUT2D eigenvalue weighted by molar-refractivity contribution is 0.101. The maximum atomic E-state index is 12.8. The summed E-state index contributed by atoms with van der Waals surface area (Å²) in [7, 11) is 1.79. The van der Waals surface area contributed by atoms with Crippen molar-refractivity contribution in [3.8, 4) is 5.75 Å². The molecule has 0 aliphatic heterocycles. The first-order chi connectivity index (χ1) is 16.1. The fraction of sp³-hybridized carbons (Fsp3) is 0.167. The first kappa shape index (κ1) is 24.6. The SMILES string of the molecule is COc1ccc(C(=O)Nc2cc(NS(C)(=O)=O)ccc2NC(=O)c2ccc(N(C)C)cc2)cc1. The molecule has 2 amide bonds. The summed E-state index contributed by atoms with van der Waals surface area (Å²) in [6.45, 7) is 0. The molecule has 3 aromatic carbocycles. The lowest BCUT2D eigenvalue weighted by atomic mass is 10.1. The average molecular weight is 483 g/mol. The Morgan fingerprint density at radius 2 is 1.32 bits per heavy atom. The second-order valence-corrected chi connectivity index (χ2v) is 9.46. The summed E-state index contributed by atoms with van der Waals surface area (Å²) >= 11 is 0. The van der Waals surface area contributed by atoms with Gasteiger partial charge in [-0.2, -0.15) is 0 Å². The van der Waals surface area contributed by atoms with E-state index < -0.39 is 15.9 Å². The Hall–Kier alpha value is -4.05. The first-order valence-electron chi connectivity index (χ1n) is 10.2. The molecule has 0 radical (unpaired) electrons. The van der Waals surface area contributed by atoms with Gasteiger partial charge in [0, 0.05) is 30.9 Å². The smallest absolute Gasteiger partial charge is 0.255 e. The number of nitrogens with zero attached hydrogens (tertiary/aromatic N) is 1. The van der Waals surface area contributed by atoms with Crippen LogP contribution in [0.15, 0.2) is 66.7 Å². The molecule has 9 nitrogen and oxygen atoms in total. The normalized spacial score (nSPS) is 10.8. The monoisotopic (exact) mass is 482 g/mol. The Kier molecular flexibility index (Phi) is 7.42. The van der Waals surface area contributed by atoms with Gasteiger partial charge in [0.2, 0.25) is 10.0 Å². The molecule has 0 aliphatic carbocycles. The predicted octanol–water partition coefficient (Wildman–Crippen LogP) is 3.64. The number of carbonyl (C=O) groups excluding carboxylic acids is 2. The lowest BCUT2D eigenvalue weighted by Gasteiger charge is -2.16. The van der Waals surface area contributed by atoms with E-state index in [1.807, 2.05) is 31.1 Å². The van der Waals surface area contributed by atoms with Crippen molar-refractivity contribution < 1.29 is 22.7 Å². The van der Waals surface area contributed by atoms with E-state index in [0.29, 0.717) is 22.6 Å². The Morgan fingerprint density at radius 3 is 1.82 bits per heavy atom. The highest BCUT2D eigenvalue weighted by atomic mass is 32.2. The predicted molar refractivity (Wildman–Crippen MR) is 135 cm³/mol. The van der Waals surface area contributed by atoms with Crippen molar-refractivity contribution in [3.05, 3.63) is 77.9 Å². The van der Waals surface area contributed by atoms with Crippen LogP contribution in [0.1, 0.15) is 20.7 Å². The van der Waals surface area contributed by atoms with Crippen molar-refractivity contribution in [2.45, 2.75) is 0 Å². The maximum Gasteiger partial charge on any atom is 0.255 e. The van der Waals surface area contributed by atoms with Crippen molar-refractivity contribution >= 4 is 44.6 Å². The van der Waals surface area contributed by atoms with Gasteiger partial charge in [-0.25, -0.2) is 8.42 Å². The molecule has 0 spiro atoms. The van der Waals surface area contributed by atoms with Gasteiger partial charge in [0.15, 0.2) is 0 Å². The molecule has 0 unspecified atom stereocenters. The molecular weight excluding hydrogens is 456 g/mol. The third-order valence-corrected chi connectivity index (χ3v) is 5.42. The summed E-state index contributed by atoms with van der Waals surface area (Å²) in [5.41, 5.74) is 2.51. The van der Waals surface area contributed by atoms with Gasteiger partial charge in [-0.05, 0) is 66.7 Å². The fourth-order valence-electron chi connectivity index (χ4n) is 3.08. The molecule has 0 fully saturated rings. The highest BCUT2D eigenvalue weighted by Gasteiger charge is 2.15. The van der Waals surface area contributed by atoms with Crippen LogP contribution in [0.25, 0.3) is 0 Å². The van der Waals surface area contributed by atoms with Crippen LogP contribution in [0.5, 0.6) is 5.75 Å². The summed E-state index contributed by atoms with van der Waals surface area (Å²) in [6, 6.07) is 18.0. The zero-order valence-corrected chi connectivity index (χ0v) is 20.1. The Bertz CT molecular complexity index is 1290. The molecule has 0 saturated carbocycles. The van der Waals surface area contributed by atoms with Crippen LogP contribution in [-0.2, 0) is 10.0 Å². The van der Waals surface area contributed by atoms with Gasteiger partial charge in [0.25, 0.3) is 11.8 Å². The van der Waals surface area contributed by atoms with Gasteiger partial charge in [-0.3, -0.25) is 14.3 Å². The number of hydrogen-bond acceptors (Lipinski definition) is 6. The molecule has 0 bridgehead atoms. The van der Waals surface area contributed by atoms with E-state index in [0.717, 1.165) is 11.9 Å². The van der Waals surface area contributed by atoms with E-state index in [1.54, 1.807) is 36.4 Å². The van der Waals surface area contributed by atoms with Gasteiger partial charge in [-0.15, -0.1) is 0 Å². The number of methoxy groups -OCH3 is 1. The Balaban J connectivity index is 1.89. The number of ether oxygens (including phenoxy) is 1. The number of nitrogens with one attached hydrogen (secondary N) is 3. The van der Waals surface area contributed by atoms with Crippen LogP contribution in [0.3, 0.4) is 0 Å². The largest absolute Gasteiger partial charge is 0.497 e. The standard InChI is InChI=1S/C24H26N4O5S/c1-28(2)19-10-5-16(6-11-19)23(29)25-21-14-9-18(27-34(4,31)32)15-22(21)26-24(30)17-7-12-20(33-3)13-8-17/h5-15,27H,1-4H3,(H,25,29)(H,26,30). The molecule has 0 aromatic heterocycles. The third kappa shape index (κ3) is 6.48. The van der Waals surface area contributed by atoms with Gasteiger partial charge < -0.3 is 20.3 Å². The molecule has 0 atom stereocenters. The fourth-order valence-corrected chi connectivity index (χ4v) is 3.63. The van der Waals surface area contributed by atoms with Crippen molar-refractivity contribution in [1.29, 1.82) is 0 Å². The second-order valence-electron chi connectivity index (χ2n) is 7.71. The highest BCUT2D eigenvalue weighted by Crippen LogP contribution is 2.28. The summed E-state index contributed by atoms with van der Waals surface area (Å²) in [6.07, 6.45) is 1.02. The zero-order chi connectivity index (χ0) is 24.9.